The first-order chi connectivity index (χ1) is 10.7. The molecule has 5 nitrogen and oxygen atoms in total. The molecule has 0 spiro atoms. The Morgan fingerprint density at radius 2 is 2.18 bits per heavy atom. The molecule has 1 atom stereocenters. The number of amides is 1. The Labute approximate surface area is 131 Å². The van der Waals surface area contributed by atoms with Gasteiger partial charge in [0.2, 0.25) is 5.91 Å². The van der Waals surface area contributed by atoms with E-state index in [4.69, 9.17) is 0 Å². The van der Waals surface area contributed by atoms with Gasteiger partial charge in [0.15, 0.2) is 0 Å². The number of nitriles is 1. The van der Waals surface area contributed by atoms with Crippen LogP contribution in [0.4, 0.5) is 0 Å². The summed E-state index contributed by atoms with van der Waals surface area (Å²) in [4.78, 5) is 16.6. The van der Waals surface area contributed by atoms with Crippen molar-refractivity contribution in [2.45, 2.75) is 38.5 Å². The van der Waals surface area contributed by atoms with Crippen molar-refractivity contribution in [3.63, 3.8) is 0 Å². The summed E-state index contributed by atoms with van der Waals surface area (Å²) in [5.74, 6) is -0.271. The van der Waals surface area contributed by atoms with Crippen molar-refractivity contribution < 1.29 is 9.90 Å². The van der Waals surface area contributed by atoms with Crippen LogP contribution >= 0.6 is 0 Å². The minimum Gasteiger partial charge on any atom is -0.396 e. The largest absolute Gasteiger partial charge is 0.396 e. The first-order valence-corrected chi connectivity index (χ1v) is 7.90. The average Bonchev–Trinajstić information content (AvgIpc) is 2.59. The molecule has 1 fully saturated rings. The number of carbonyl (C=O) groups is 1. The Morgan fingerprint density at radius 1 is 1.41 bits per heavy atom. The third-order valence-corrected chi connectivity index (χ3v) is 4.39. The second-order valence-corrected chi connectivity index (χ2v) is 6.04. The minimum absolute atomic E-state index is 0.0175. The fourth-order valence-corrected chi connectivity index (χ4v) is 2.97. The Bertz CT molecular complexity index is 518. The van der Waals surface area contributed by atoms with Crippen LogP contribution in [0.3, 0.4) is 0 Å². The second kappa shape index (κ2) is 7.90. The van der Waals surface area contributed by atoms with Gasteiger partial charge in [-0.05, 0) is 31.4 Å². The topological polar surface area (TPSA) is 86.0 Å². The molecule has 1 aromatic heterocycles. The molecule has 118 valence electrons. The van der Waals surface area contributed by atoms with Gasteiger partial charge in [-0.1, -0.05) is 25.3 Å². The molecular formula is C17H23N3O2. The predicted molar refractivity (Wildman–Crippen MR) is 82.7 cm³/mol. The van der Waals surface area contributed by atoms with Crippen LogP contribution in [0.5, 0.6) is 0 Å². The summed E-state index contributed by atoms with van der Waals surface area (Å²) >= 11 is 0. The number of aromatic nitrogens is 1. The SMILES string of the molecule is N#CC1(C(=O)NCC(CO)Cc2ccccn2)CCCCC1. The third kappa shape index (κ3) is 4.05. The molecule has 1 heterocycles. The molecule has 1 amide bonds. The van der Waals surface area contributed by atoms with E-state index < -0.39 is 5.41 Å². The van der Waals surface area contributed by atoms with Gasteiger partial charge in [0.1, 0.15) is 5.41 Å². The lowest BCUT2D eigenvalue weighted by Gasteiger charge is -2.29. The summed E-state index contributed by atoms with van der Waals surface area (Å²) in [6, 6.07) is 7.88. The number of nitrogens with zero attached hydrogens (tertiary/aromatic N) is 2. The van der Waals surface area contributed by atoms with E-state index in [-0.39, 0.29) is 18.4 Å². The smallest absolute Gasteiger partial charge is 0.240 e. The number of rotatable bonds is 6. The van der Waals surface area contributed by atoms with Crippen LogP contribution < -0.4 is 5.32 Å². The van der Waals surface area contributed by atoms with Gasteiger partial charge >= 0.3 is 0 Å². The average molecular weight is 301 g/mol. The quantitative estimate of drug-likeness (QED) is 0.839. The fourth-order valence-electron chi connectivity index (χ4n) is 2.97. The monoisotopic (exact) mass is 301 g/mol. The first-order valence-electron chi connectivity index (χ1n) is 7.90. The first kappa shape index (κ1) is 16.4. The molecule has 0 aliphatic heterocycles. The second-order valence-electron chi connectivity index (χ2n) is 6.04. The molecule has 0 saturated heterocycles. The molecule has 1 aliphatic carbocycles. The Morgan fingerprint density at radius 3 is 2.77 bits per heavy atom. The zero-order chi connectivity index (χ0) is 15.8. The zero-order valence-electron chi connectivity index (χ0n) is 12.8. The van der Waals surface area contributed by atoms with Crippen molar-refractivity contribution in [1.82, 2.24) is 10.3 Å². The normalized spacial score (nSPS) is 18.2. The maximum absolute atomic E-state index is 12.4. The van der Waals surface area contributed by atoms with Gasteiger partial charge in [-0.3, -0.25) is 9.78 Å². The van der Waals surface area contributed by atoms with Gasteiger partial charge in [0, 0.05) is 31.0 Å². The van der Waals surface area contributed by atoms with Crippen LogP contribution in [0.15, 0.2) is 24.4 Å². The van der Waals surface area contributed by atoms with Crippen LogP contribution in [-0.4, -0.2) is 29.1 Å². The van der Waals surface area contributed by atoms with E-state index in [2.05, 4.69) is 16.4 Å². The van der Waals surface area contributed by atoms with Crippen molar-refractivity contribution in [1.29, 1.82) is 5.26 Å². The van der Waals surface area contributed by atoms with Crippen LogP contribution in [0, 0.1) is 22.7 Å². The summed E-state index contributed by atoms with van der Waals surface area (Å²) < 4.78 is 0. The number of aliphatic hydroxyl groups excluding tert-OH is 1. The molecule has 1 saturated carbocycles. The Balaban J connectivity index is 1.89. The van der Waals surface area contributed by atoms with E-state index in [9.17, 15) is 15.2 Å². The number of hydrogen-bond donors (Lipinski definition) is 2. The van der Waals surface area contributed by atoms with E-state index in [0.29, 0.717) is 25.8 Å². The van der Waals surface area contributed by atoms with Crippen molar-refractivity contribution in [2.24, 2.45) is 11.3 Å². The van der Waals surface area contributed by atoms with Crippen molar-refractivity contribution in [2.75, 3.05) is 13.2 Å². The van der Waals surface area contributed by atoms with Gasteiger partial charge in [0.25, 0.3) is 0 Å². The maximum atomic E-state index is 12.4. The van der Waals surface area contributed by atoms with Crippen molar-refractivity contribution in [3.05, 3.63) is 30.1 Å². The highest BCUT2D eigenvalue weighted by molar-refractivity contribution is 5.85. The molecule has 2 N–H and O–H groups in total. The van der Waals surface area contributed by atoms with Gasteiger partial charge in [0.05, 0.1) is 6.07 Å². The molecular weight excluding hydrogens is 278 g/mol. The molecule has 1 aliphatic rings. The van der Waals surface area contributed by atoms with E-state index in [0.717, 1.165) is 25.0 Å². The van der Waals surface area contributed by atoms with Gasteiger partial charge in [-0.2, -0.15) is 5.26 Å². The van der Waals surface area contributed by atoms with E-state index in [1.54, 1.807) is 6.20 Å². The molecule has 1 unspecified atom stereocenters. The highest BCUT2D eigenvalue weighted by Gasteiger charge is 2.39. The highest BCUT2D eigenvalue weighted by atomic mass is 16.3. The summed E-state index contributed by atoms with van der Waals surface area (Å²) in [7, 11) is 0. The predicted octanol–water partition coefficient (Wildman–Crippen LogP) is 1.82. The number of hydrogen-bond acceptors (Lipinski definition) is 4. The molecule has 22 heavy (non-hydrogen) atoms. The van der Waals surface area contributed by atoms with Crippen LogP contribution in [0.2, 0.25) is 0 Å². The third-order valence-electron chi connectivity index (χ3n) is 4.39. The highest BCUT2D eigenvalue weighted by Crippen LogP contribution is 2.35. The lowest BCUT2D eigenvalue weighted by atomic mass is 9.74. The van der Waals surface area contributed by atoms with Crippen molar-refractivity contribution in [3.8, 4) is 6.07 Å². The molecule has 0 radical (unpaired) electrons. The minimum atomic E-state index is -0.872. The van der Waals surface area contributed by atoms with E-state index >= 15 is 0 Å². The fraction of sp³-hybridized carbons (Fsp3) is 0.588. The molecule has 1 aromatic rings. The number of carbonyl (C=O) groups excluding carboxylic acids is 1. The van der Waals surface area contributed by atoms with Gasteiger partial charge in [-0.15, -0.1) is 0 Å². The van der Waals surface area contributed by atoms with Crippen LogP contribution in [0.1, 0.15) is 37.8 Å². The lowest BCUT2D eigenvalue weighted by Crippen LogP contribution is -2.43. The van der Waals surface area contributed by atoms with Crippen LogP contribution in [-0.2, 0) is 11.2 Å². The molecule has 0 aromatic carbocycles. The Kier molecular flexibility index (Phi) is 5.91. The maximum Gasteiger partial charge on any atom is 0.240 e. The number of nitrogens with one attached hydrogen (secondary N) is 1. The zero-order valence-corrected chi connectivity index (χ0v) is 12.8. The standard InChI is InChI=1S/C17H23N3O2/c18-13-17(7-3-1-4-8-17)16(22)20-11-14(12-21)10-15-6-2-5-9-19-15/h2,5-6,9,14,21H,1,3-4,7-8,10-12H2,(H,20,22). The molecule has 2 rings (SSSR count). The lowest BCUT2D eigenvalue weighted by molar-refractivity contribution is -0.129. The molecule has 5 heteroatoms. The number of pyridine rings is 1. The summed E-state index contributed by atoms with van der Waals surface area (Å²) in [5.41, 5.74) is 0.0203. The van der Waals surface area contributed by atoms with Gasteiger partial charge < -0.3 is 10.4 Å². The van der Waals surface area contributed by atoms with E-state index in [1.807, 2.05) is 18.2 Å². The Hall–Kier alpha value is -1.93. The van der Waals surface area contributed by atoms with E-state index in [1.165, 1.54) is 0 Å². The summed E-state index contributed by atoms with van der Waals surface area (Å²) in [5, 5.41) is 21.8. The summed E-state index contributed by atoms with van der Waals surface area (Å²) in [6.07, 6.45) is 6.55. The summed E-state index contributed by atoms with van der Waals surface area (Å²) in [6.45, 7) is 0.353. The van der Waals surface area contributed by atoms with Crippen LogP contribution in [0.25, 0.3) is 0 Å². The number of aliphatic hydroxyl groups is 1. The van der Waals surface area contributed by atoms with Crippen molar-refractivity contribution >= 4 is 5.91 Å². The molecule has 0 bridgehead atoms. The van der Waals surface area contributed by atoms with Gasteiger partial charge in [-0.25, -0.2) is 0 Å².